The molecule has 2 heteroatoms. The zero-order chi connectivity index (χ0) is 6.24. The molecule has 0 aliphatic carbocycles. The monoisotopic (exact) mass is 199 g/mol. The molecule has 1 rings (SSSR count). The van der Waals surface area contributed by atoms with E-state index in [4.69, 9.17) is 0 Å². The summed E-state index contributed by atoms with van der Waals surface area (Å²) in [4.78, 5) is 0. The molecule has 0 aromatic heterocycles. The van der Waals surface area contributed by atoms with Crippen LogP contribution < -0.4 is 0 Å². The van der Waals surface area contributed by atoms with Crippen LogP contribution in [-0.2, 0) is 26.2 Å². The molecule has 9 heavy (non-hydrogen) atoms. The maximum atomic E-state index is 3.50. The molecule has 46 valence electrons. The molecule has 0 atom stereocenters. The first-order valence-corrected chi connectivity index (χ1v) is 2.56. The van der Waals surface area contributed by atoms with Crippen molar-refractivity contribution in [1.82, 2.24) is 0 Å². The second-order valence-electron chi connectivity index (χ2n) is 1.41. The van der Waals surface area contributed by atoms with E-state index in [0.29, 0.717) is 0 Å². The van der Waals surface area contributed by atoms with Crippen LogP contribution in [0.5, 0.6) is 0 Å². The molecule has 0 amide bonds. The standard InChI is InChI=1S/C5H5.C2H6N.Zr/c1-2-4-5-3-1;1-3-2;/h1-5H;1-2H3;/q2*-1;+4. The molecule has 0 fully saturated rings. The Morgan fingerprint density at radius 2 is 1.44 bits per heavy atom. The minimum atomic E-state index is 0. The SMILES string of the molecule is C[N-]C.[Zr+4].c1cc[cH-]c1. The Balaban J connectivity index is 0. The van der Waals surface area contributed by atoms with E-state index >= 15 is 0 Å². The Morgan fingerprint density at radius 3 is 1.56 bits per heavy atom. The minimum Gasteiger partial charge on any atom is -0.668 e. The van der Waals surface area contributed by atoms with Crippen molar-refractivity contribution in [3.63, 3.8) is 0 Å². The number of rotatable bonds is 0. The van der Waals surface area contributed by atoms with Gasteiger partial charge in [0.05, 0.1) is 0 Å². The smallest absolute Gasteiger partial charge is 0.668 e. The van der Waals surface area contributed by atoms with Crippen LogP contribution in [0.4, 0.5) is 0 Å². The quantitative estimate of drug-likeness (QED) is 0.569. The molecular weight excluding hydrogens is 189 g/mol. The third-order valence-electron chi connectivity index (χ3n) is 0.556. The average molecular weight is 200 g/mol. The zero-order valence-corrected chi connectivity index (χ0v) is 8.29. The second-order valence-corrected chi connectivity index (χ2v) is 1.41. The van der Waals surface area contributed by atoms with Gasteiger partial charge in [-0.15, -0.1) is 0 Å². The molecule has 1 nitrogen and oxygen atoms in total. The van der Waals surface area contributed by atoms with Crippen molar-refractivity contribution in [2.45, 2.75) is 0 Å². The molecule has 0 N–H and O–H groups in total. The normalized spacial score (nSPS) is 6.44. The largest absolute Gasteiger partial charge is 4.00 e. The maximum absolute atomic E-state index is 3.50. The third kappa shape index (κ3) is 11.7. The molecule has 0 aliphatic heterocycles. The van der Waals surface area contributed by atoms with Gasteiger partial charge in [-0.3, -0.25) is 0 Å². The van der Waals surface area contributed by atoms with E-state index < -0.39 is 0 Å². The van der Waals surface area contributed by atoms with Gasteiger partial charge in [-0.1, -0.05) is 0 Å². The average Bonchev–Trinajstić information content (AvgIpc) is 2.17. The predicted octanol–water partition coefficient (Wildman–Crippen LogP) is 2.02. The topological polar surface area (TPSA) is 14.1 Å². The fourth-order valence-corrected chi connectivity index (χ4v) is 0.321. The van der Waals surface area contributed by atoms with E-state index in [1.165, 1.54) is 0 Å². The zero-order valence-electron chi connectivity index (χ0n) is 5.83. The molecule has 0 saturated carbocycles. The van der Waals surface area contributed by atoms with Gasteiger partial charge in [-0.2, -0.15) is 32.3 Å². The van der Waals surface area contributed by atoms with Crippen LogP contribution in [0.1, 0.15) is 0 Å². The van der Waals surface area contributed by atoms with Crippen molar-refractivity contribution >= 4 is 0 Å². The molecular formula is C7H11NZr+2. The van der Waals surface area contributed by atoms with Gasteiger partial charge in [0.25, 0.3) is 0 Å². The molecule has 1 aromatic carbocycles. The van der Waals surface area contributed by atoms with Gasteiger partial charge in [-0.05, 0) is 0 Å². The number of hydrogen-bond acceptors (Lipinski definition) is 0. The molecule has 0 radical (unpaired) electrons. The fraction of sp³-hybridized carbons (Fsp3) is 0.286. The Labute approximate surface area is 76.0 Å². The molecule has 1 aromatic rings. The van der Waals surface area contributed by atoms with Crippen molar-refractivity contribution in [2.24, 2.45) is 0 Å². The van der Waals surface area contributed by atoms with Gasteiger partial charge < -0.3 is 5.32 Å². The number of nitrogens with zero attached hydrogens (tertiary/aromatic N) is 1. The summed E-state index contributed by atoms with van der Waals surface area (Å²) in [5, 5.41) is 3.50. The van der Waals surface area contributed by atoms with Crippen LogP contribution in [-0.4, -0.2) is 14.1 Å². The summed E-state index contributed by atoms with van der Waals surface area (Å²) in [6, 6.07) is 10.0. The van der Waals surface area contributed by atoms with Crippen LogP contribution in [0.2, 0.25) is 0 Å². The summed E-state index contributed by atoms with van der Waals surface area (Å²) in [5.41, 5.74) is 0. The summed E-state index contributed by atoms with van der Waals surface area (Å²) in [5.74, 6) is 0. The minimum absolute atomic E-state index is 0. The first-order chi connectivity index (χ1) is 3.91. The number of hydrogen-bond donors (Lipinski definition) is 0. The van der Waals surface area contributed by atoms with Gasteiger partial charge in [0, 0.05) is 0 Å². The van der Waals surface area contributed by atoms with E-state index in [9.17, 15) is 0 Å². The van der Waals surface area contributed by atoms with E-state index in [2.05, 4.69) is 5.32 Å². The Morgan fingerprint density at radius 1 is 1.11 bits per heavy atom. The summed E-state index contributed by atoms with van der Waals surface area (Å²) in [7, 11) is 3.50. The Kier molecular flexibility index (Phi) is 14.6. The van der Waals surface area contributed by atoms with Crippen LogP contribution in [0.3, 0.4) is 0 Å². The van der Waals surface area contributed by atoms with E-state index in [1.54, 1.807) is 14.1 Å². The van der Waals surface area contributed by atoms with Gasteiger partial charge in [-0.25, -0.2) is 12.1 Å². The molecule has 0 aliphatic rings. The Hall–Kier alpha value is 0.193. The molecule has 0 heterocycles. The van der Waals surface area contributed by atoms with Crippen molar-refractivity contribution < 1.29 is 26.2 Å². The van der Waals surface area contributed by atoms with Crippen molar-refractivity contribution in [2.75, 3.05) is 14.1 Å². The molecule has 0 unspecified atom stereocenters. The third-order valence-corrected chi connectivity index (χ3v) is 0.556. The summed E-state index contributed by atoms with van der Waals surface area (Å²) in [6.45, 7) is 0. The van der Waals surface area contributed by atoms with Crippen LogP contribution >= 0.6 is 0 Å². The maximum Gasteiger partial charge on any atom is 4.00 e. The molecule has 0 saturated heterocycles. The summed E-state index contributed by atoms with van der Waals surface area (Å²) >= 11 is 0. The van der Waals surface area contributed by atoms with E-state index in [-0.39, 0.29) is 26.2 Å². The summed E-state index contributed by atoms with van der Waals surface area (Å²) < 4.78 is 0. The van der Waals surface area contributed by atoms with Crippen LogP contribution in [0.25, 0.3) is 5.32 Å². The van der Waals surface area contributed by atoms with Crippen molar-refractivity contribution in [3.05, 3.63) is 35.6 Å². The van der Waals surface area contributed by atoms with Crippen LogP contribution in [0, 0.1) is 0 Å². The Bertz CT molecular complexity index is 75.8. The summed E-state index contributed by atoms with van der Waals surface area (Å²) in [6.07, 6.45) is 0. The van der Waals surface area contributed by atoms with Gasteiger partial charge in [0.15, 0.2) is 0 Å². The van der Waals surface area contributed by atoms with Crippen molar-refractivity contribution in [3.8, 4) is 0 Å². The molecule has 0 bridgehead atoms. The predicted molar refractivity (Wildman–Crippen MR) is 37.2 cm³/mol. The fourth-order valence-electron chi connectivity index (χ4n) is 0.321. The second kappa shape index (κ2) is 11.1. The van der Waals surface area contributed by atoms with Gasteiger partial charge in [0.2, 0.25) is 0 Å². The van der Waals surface area contributed by atoms with E-state index in [0.717, 1.165) is 0 Å². The van der Waals surface area contributed by atoms with Gasteiger partial charge in [0.1, 0.15) is 0 Å². The first-order valence-electron chi connectivity index (χ1n) is 2.56. The van der Waals surface area contributed by atoms with Crippen LogP contribution in [0.15, 0.2) is 30.3 Å². The first kappa shape index (κ1) is 11.9. The molecule has 0 spiro atoms. The van der Waals surface area contributed by atoms with E-state index in [1.807, 2.05) is 30.3 Å². The van der Waals surface area contributed by atoms with Gasteiger partial charge >= 0.3 is 26.2 Å². The van der Waals surface area contributed by atoms with Crippen molar-refractivity contribution in [1.29, 1.82) is 0 Å².